The number of carbonyl (C=O) groups excluding carboxylic acids is 1. The molecule has 2 heterocycles. The fourth-order valence-corrected chi connectivity index (χ4v) is 3.01. The summed E-state index contributed by atoms with van der Waals surface area (Å²) in [6, 6.07) is 4.14. The number of aryl methyl sites for hydroxylation is 1. The van der Waals surface area contributed by atoms with Gasteiger partial charge in [0.15, 0.2) is 0 Å². The summed E-state index contributed by atoms with van der Waals surface area (Å²) in [5.74, 6) is 0.216. The smallest absolute Gasteiger partial charge is 0.249 e. The molecule has 0 aliphatic carbocycles. The Morgan fingerprint density at radius 2 is 2.15 bits per heavy atom. The number of halogens is 1. The van der Waals surface area contributed by atoms with Crippen molar-refractivity contribution in [2.45, 2.75) is 32.7 Å². The van der Waals surface area contributed by atoms with Crippen LogP contribution in [0.5, 0.6) is 0 Å². The average Bonchev–Trinajstić information content (AvgIpc) is 3.14. The highest BCUT2D eigenvalue weighted by molar-refractivity contribution is 5.83. The topological polar surface area (TPSA) is 103 Å². The predicted molar refractivity (Wildman–Crippen MR) is 92.5 cm³/mol. The number of hydrogen-bond acceptors (Lipinski definition) is 6. The number of rotatable bonds is 5. The summed E-state index contributed by atoms with van der Waals surface area (Å²) in [6.07, 6.45) is 1.18. The lowest BCUT2D eigenvalue weighted by Gasteiger charge is -2.35. The molecular weight excluding hydrogens is 339 g/mol. The molecule has 0 saturated carbocycles. The van der Waals surface area contributed by atoms with Crippen LogP contribution in [0.4, 0.5) is 4.39 Å². The van der Waals surface area contributed by atoms with Crippen LogP contribution in [0.3, 0.4) is 0 Å². The van der Waals surface area contributed by atoms with Crippen LogP contribution >= 0.6 is 0 Å². The van der Waals surface area contributed by atoms with Crippen molar-refractivity contribution in [3.8, 4) is 11.4 Å². The second kappa shape index (κ2) is 7.51. The lowest BCUT2D eigenvalue weighted by atomic mass is 9.79. The quantitative estimate of drug-likeness (QED) is 0.844. The minimum atomic E-state index is -0.622. The Hall–Kier alpha value is -2.32. The molecule has 26 heavy (non-hydrogen) atoms. The molecule has 1 aromatic heterocycles. The number of aromatic nitrogens is 2. The third-order valence-electron chi connectivity index (χ3n) is 4.90. The number of hydrogen-bond donors (Lipinski definition) is 2. The second-order valence-corrected chi connectivity index (χ2v) is 6.71. The van der Waals surface area contributed by atoms with E-state index in [9.17, 15) is 9.18 Å². The zero-order chi connectivity index (χ0) is 18.7. The van der Waals surface area contributed by atoms with E-state index in [4.69, 9.17) is 15.0 Å². The van der Waals surface area contributed by atoms with Crippen molar-refractivity contribution in [2.24, 2.45) is 11.1 Å². The van der Waals surface area contributed by atoms with E-state index in [1.807, 2.05) is 0 Å². The molecule has 2 aromatic rings. The van der Waals surface area contributed by atoms with Gasteiger partial charge in [0.2, 0.25) is 17.6 Å². The molecule has 140 valence electrons. The first-order valence-electron chi connectivity index (χ1n) is 8.64. The third kappa shape index (κ3) is 3.61. The number of nitrogens with zero attached hydrogens (tertiary/aromatic N) is 2. The van der Waals surface area contributed by atoms with E-state index in [0.29, 0.717) is 43.0 Å². The van der Waals surface area contributed by atoms with E-state index in [2.05, 4.69) is 15.5 Å². The van der Waals surface area contributed by atoms with Crippen molar-refractivity contribution in [3.05, 3.63) is 35.5 Å². The number of carbonyl (C=O) groups is 1. The van der Waals surface area contributed by atoms with Crippen LogP contribution in [-0.4, -0.2) is 35.8 Å². The van der Waals surface area contributed by atoms with Gasteiger partial charge in [-0.25, -0.2) is 4.39 Å². The Kier molecular flexibility index (Phi) is 5.33. The van der Waals surface area contributed by atoms with Gasteiger partial charge in [-0.2, -0.15) is 4.98 Å². The SMILES string of the molecule is Cc1cc(-c2noc(C(C)NC(=O)C3(CN)CCOCC3)n2)ccc1F. The van der Waals surface area contributed by atoms with Crippen LogP contribution in [0.15, 0.2) is 22.7 Å². The Morgan fingerprint density at radius 1 is 1.42 bits per heavy atom. The first-order chi connectivity index (χ1) is 12.4. The minimum Gasteiger partial charge on any atom is -0.381 e. The molecule has 1 atom stereocenters. The number of ether oxygens (including phenoxy) is 1. The summed E-state index contributed by atoms with van der Waals surface area (Å²) < 4.78 is 24.0. The van der Waals surface area contributed by atoms with Gasteiger partial charge in [-0.1, -0.05) is 5.16 Å². The first kappa shape index (κ1) is 18.5. The molecule has 1 aliphatic heterocycles. The molecule has 3 N–H and O–H groups in total. The molecular formula is C18H23FN4O3. The van der Waals surface area contributed by atoms with Crippen LogP contribution in [0.2, 0.25) is 0 Å². The highest BCUT2D eigenvalue weighted by Gasteiger charge is 2.39. The van der Waals surface area contributed by atoms with Gasteiger partial charge in [0.05, 0.1) is 5.41 Å². The second-order valence-electron chi connectivity index (χ2n) is 6.71. The van der Waals surface area contributed by atoms with E-state index in [0.717, 1.165) is 0 Å². The van der Waals surface area contributed by atoms with Gasteiger partial charge in [0.1, 0.15) is 11.9 Å². The number of nitrogens with one attached hydrogen (secondary N) is 1. The molecule has 0 bridgehead atoms. The van der Waals surface area contributed by atoms with Crippen molar-refractivity contribution in [1.29, 1.82) is 0 Å². The molecule has 0 radical (unpaired) electrons. The Balaban J connectivity index is 1.72. The Morgan fingerprint density at radius 3 is 2.81 bits per heavy atom. The summed E-state index contributed by atoms with van der Waals surface area (Å²) in [7, 11) is 0. The molecule has 3 rings (SSSR count). The monoisotopic (exact) mass is 362 g/mol. The van der Waals surface area contributed by atoms with Crippen LogP contribution in [0.25, 0.3) is 11.4 Å². The van der Waals surface area contributed by atoms with Gasteiger partial charge in [0, 0.05) is 25.3 Å². The van der Waals surface area contributed by atoms with Crippen LogP contribution in [-0.2, 0) is 9.53 Å². The highest BCUT2D eigenvalue weighted by atomic mass is 19.1. The molecule has 1 fully saturated rings. The van der Waals surface area contributed by atoms with E-state index < -0.39 is 11.5 Å². The van der Waals surface area contributed by atoms with E-state index in [1.54, 1.807) is 26.0 Å². The van der Waals surface area contributed by atoms with Crippen molar-refractivity contribution in [2.75, 3.05) is 19.8 Å². The summed E-state index contributed by atoms with van der Waals surface area (Å²) in [4.78, 5) is 17.0. The van der Waals surface area contributed by atoms with Gasteiger partial charge in [-0.15, -0.1) is 0 Å². The summed E-state index contributed by atoms with van der Waals surface area (Å²) in [5.41, 5.74) is 6.39. The molecule has 8 heteroatoms. The minimum absolute atomic E-state index is 0.131. The molecule has 1 saturated heterocycles. The molecule has 1 aromatic carbocycles. The zero-order valence-corrected chi connectivity index (χ0v) is 14.9. The Bertz CT molecular complexity index is 786. The van der Waals surface area contributed by atoms with Crippen LogP contribution in [0, 0.1) is 18.2 Å². The van der Waals surface area contributed by atoms with Gasteiger partial charge >= 0.3 is 0 Å². The number of benzene rings is 1. The average molecular weight is 362 g/mol. The summed E-state index contributed by atoms with van der Waals surface area (Å²) in [6.45, 7) is 4.75. The molecule has 1 unspecified atom stereocenters. The highest BCUT2D eigenvalue weighted by Crippen LogP contribution is 2.30. The summed E-state index contributed by atoms with van der Waals surface area (Å²) in [5, 5.41) is 6.84. The van der Waals surface area contributed by atoms with Crippen molar-refractivity contribution < 1.29 is 18.4 Å². The lowest BCUT2D eigenvalue weighted by molar-refractivity contribution is -0.136. The zero-order valence-electron chi connectivity index (χ0n) is 14.9. The Labute approximate surface area is 151 Å². The predicted octanol–water partition coefficient (Wildman–Crippen LogP) is 2.12. The van der Waals surface area contributed by atoms with Crippen LogP contribution < -0.4 is 11.1 Å². The molecule has 7 nitrogen and oxygen atoms in total. The number of amides is 1. The molecule has 1 aliphatic rings. The van der Waals surface area contributed by atoms with Crippen molar-refractivity contribution >= 4 is 5.91 Å². The normalized spacial score (nSPS) is 17.7. The van der Waals surface area contributed by atoms with Crippen LogP contribution in [0.1, 0.15) is 37.3 Å². The van der Waals surface area contributed by atoms with Gasteiger partial charge < -0.3 is 20.3 Å². The van der Waals surface area contributed by atoms with E-state index in [-0.39, 0.29) is 24.2 Å². The third-order valence-corrected chi connectivity index (χ3v) is 4.90. The fraction of sp³-hybridized carbons (Fsp3) is 0.500. The number of nitrogens with two attached hydrogens (primary N) is 1. The summed E-state index contributed by atoms with van der Waals surface area (Å²) >= 11 is 0. The van der Waals surface area contributed by atoms with Gasteiger partial charge in [-0.05, 0) is 50.5 Å². The van der Waals surface area contributed by atoms with Crippen molar-refractivity contribution in [3.63, 3.8) is 0 Å². The largest absolute Gasteiger partial charge is 0.381 e. The molecule has 1 amide bonds. The maximum absolute atomic E-state index is 13.4. The van der Waals surface area contributed by atoms with E-state index >= 15 is 0 Å². The lowest BCUT2D eigenvalue weighted by Crippen LogP contribution is -2.49. The maximum atomic E-state index is 13.4. The van der Waals surface area contributed by atoms with Gasteiger partial charge in [-0.3, -0.25) is 4.79 Å². The molecule has 0 spiro atoms. The maximum Gasteiger partial charge on any atom is 0.249 e. The standard InChI is InChI=1S/C18H23FN4O3/c1-11-9-13(3-4-14(11)19)15-22-16(26-23-15)12(2)21-17(24)18(10-20)5-7-25-8-6-18/h3-4,9,12H,5-8,10,20H2,1-2H3,(H,21,24). The van der Waals surface area contributed by atoms with Gasteiger partial charge in [0.25, 0.3) is 0 Å². The first-order valence-corrected chi connectivity index (χ1v) is 8.64. The van der Waals surface area contributed by atoms with Crippen molar-refractivity contribution in [1.82, 2.24) is 15.5 Å². The van der Waals surface area contributed by atoms with E-state index in [1.165, 1.54) is 6.07 Å². The fourth-order valence-electron chi connectivity index (χ4n) is 3.01.